The van der Waals surface area contributed by atoms with E-state index < -0.39 is 17.7 Å². The van der Waals surface area contributed by atoms with Crippen LogP contribution in [0.3, 0.4) is 0 Å². The SMILES string of the molecule is Cc1ccc2nc(N3C(=O)C(=O)C(=C(O)c4ccc5c(c4)C[C@H](C)O5)[C@H]3c3cccnc3)sc2c1. The fourth-order valence-electron chi connectivity index (χ4n) is 4.73. The summed E-state index contributed by atoms with van der Waals surface area (Å²) in [6, 6.07) is 13.9. The second-order valence-corrected chi connectivity index (χ2v) is 9.89. The highest BCUT2D eigenvalue weighted by atomic mass is 32.1. The molecule has 2 atom stereocenters. The van der Waals surface area contributed by atoms with Crippen LogP contribution in [0.5, 0.6) is 5.75 Å². The van der Waals surface area contributed by atoms with E-state index in [0.717, 1.165) is 27.1 Å². The third kappa shape index (κ3) is 3.49. The molecule has 35 heavy (non-hydrogen) atoms. The topological polar surface area (TPSA) is 92.6 Å². The van der Waals surface area contributed by atoms with E-state index in [2.05, 4.69) is 9.97 Å². The quantitative estimate of drug-likeness (QED) is 0.252. The van der Waals surface area contributed by atoms with Crippen molar-refractivity contribution in [2.45, 2.75) is 32.4 Å². The van der Waals surface area contributed by atoms with Crippen molar-refractivity contribution in [2.24, 2.45) is 0 Å². The van der Waals surface area contributed by atoms with Crippen LogP contribution in [0.4, 0.5) is 5.13 Å². The van der Waals surface area contributed by atoms with Crippen LogP contribution in [0.25, 0.3) is 16.0 Å². The van der Waals surface area contributed by atoms with Crippen molar-refractivity contribution in [3.63, 3.8) is 0 Å². The lowest BCUT2D eigenvalue weighted by Gasteiger charge is -2.22. The first-order valence-corrected chi connectivity index (χ1v) is 12.1. The first-order chi connectivity index (χ1) is 16.9. The average Bonchev–Trinajstić information content (AvgIpc) is 3.51. The van der Waals surface area contributed by atoms with Gasteiger partial charge in [-0.1, -0.05) is 23.5 Å². The minimum Gasteiger partial charge on any atom is -0.507 e. The number of aliphatic hydroxyl groups excluding tert-OH is 1. The number of nitrogens with zero attached hydrogens (tertiary/aromatic N) is 3. The maximum Gasteiger partial charge on any atom is 0.301 e. The van der Waals surface area contributed by atoms with E-state index >= 15 is 0 Å². The highest BCUT2D eigenvalue weighted by Gasteiger charge is 2.48. The van der Waals surface area contributed by atoms with Crippen LogP contribution in [0.1, 0.15) is 35.2 Å². The van der Waals surface area contributed by atoms with Crippen molar-refractivity contribution in [1.82, 2.24) is 9.97 Å². The van der Waals surface area contributed by atoms with E-state index in [4.69, 9.17) is 4.74 Å². The molecule has 0 bridgehead atoms. The zero-order chi connectivity index (χ0) is 24.3. The molecule has 2 aliphatic rings. The number of amides is 1. The van der Waals surface area contributed by atoms with Crippen LogP contribution in [0, 0.1) is 6.92 Å². The Morgan fingerprint density at radius 3 is 2.83 bits per heavy atom. The number of thiazole rings is 1. The number of ketones is 1. The van der Waals surface area contributed by atoms with Gasteiger partial charge < -0.3 is 9.84 Å². The summed E-state index contributed by atoms with van der Waals surface area (Å²) in [6.45, 7) is 3.97. The third-order valence-electron chi connectivity index (χ3n) is 6.35. The van der Waals surface area contributed by atoms with Gasteiger partial charge in [0.2, 0.25) is 0 Å². The number of benzene rings is 2. The van der Waals surface area contributed by atoms with Crippen LogP contribution >= 0.6 is 11.3 Å². The van der Waals surface area contributed by atoms with Gasteiger partial charge in [0.1, 0.15) is 17.6 Å². The molecule has 7 nitrogen and oxygen atoms in total. The van der Waals surface area contributed by atoms with E-state index in [0.29, 0.717) is 22.7 Å². The smallest absolute Gasteiger partial charge is 0.301 e. The van der Waals surface area contributed by atoms with Gasteiger partial charge in [0, 0.05) is 24.4 Å². The molecule has 0 saturated carbocycles. The monoisotopic (exact) mass is 483 g/mol. The molecule has 174 valence electrons. The van der Waals surface area contributed by atoms with Crippen LogP contribution in [-0.2, 0) is 16.0 Å². The van der Waals surface area contributed by atoms with Crippen molar-refractivity contribution in [3.8, 4) is 5.75 Å². The third-order valence-corrected chi connectivity index (χ3v) is 7.37. The van der Waals surface area contributed by atoms with E-state index in [1.165, 1.54) is 16.2 Å². The van der Waals surface area contributed by atoms with Gasteiger partial charge in [-0.15, -0.1) is 0 Å². The van der Waals surface area contributed by atoms with Gasteiger partial charge in [0.05, 0.1) is 21.8 Å². The van der Waals surface area contributed by atoms with Crippen molar-refractivity contribution in [2.75, 3.05) is 4.90 Å². The van der Waals surface area contributed by atoms with Crippen LogP contribution in [0.2, 0.25) is 0 Å². The molecule has 4 aromatic rings. The van der Waals surface area contributed by atoms with Gasteiger partial charge in [0.15, 0.2) is 5.13 Å². The van der Waals surface area contributed by atoms with Crippen molar-refractivity contribution in [1.29, 1.82) is 0 Å². The highest BCUT2D eigenvalue weighted by Crippen LogP contribution is 2.44. The van der Waals surface area contributed by atoms with Gasteiger partial charge in [0.25, 0.3) is 5.78 Å². The number of hydrogen-bond donors (Lipinski definition) is 1. The maximum absolute atomic E-state index is 13.4. The number of hydrogen-bond acceptors (Lipinski definition) is 7. The van der Waals surface area contributed by atoms with Gasteiger partial charge >= 0.3 is 5.91 Å². The highest BCUT2D eigenvalue weighted by molar-refractivity contribution is 7.22. The number of carbonyl (C=O) groups is 2. The minimum atomic E-state index is -0.853. The van der Waals surface area contributed by atoms with Crippen molar-refractivity contribution in [3.05, 3.63) is 88.8 Å². The molecule has 1 fully saturated rings. The molecule has 2 aromatic carbocycles. The van der Waals surface area contributed by atoms with Crippen LogP contribution in [0.15, 0.2) is 66.5 Å². The molecule has 0 radical (unpaired) electrons. The average molecular weight is 484 g/mol. The largest absolute Gasteiger partial charge is 0.507 e. The first-order valence-electron chi connectivity index (χ1n) is 11.3. The molecular formula is C27H21N3O4S. The number of rotatable bonds is 3. The Bertz CT molecular complexity index is 1540. The molecule has 1 saturated heterocycles. The summed E-state index contributed by atoms with van der Waals surface area (Å²) in [4.78, 5) is 37.0. The predicted octanol–water partition coefficient (Wildman–Crippen LogP) is 4.95. The Balaban J connectivity index is 1.53. The Kier molecular flexibility index (Phi) is 4.93. The molecule has 4 heterocycles. The zero-order valence-corrected chi connectivity index (χ0v) is 19.9. The van der Waals surface area contributed by atoms with Crippen molar-refractivity contribution >= 4 is 44.1 Å². The molecule has 2 aliphatic heterocycles. The molecule has 6 rings (SSSR count). The van der Waals surface area contributed by atoms with E-state index in [9.17, 15) is 14.7 Å². The second kappa shape index (κ2) is 8.02. The van der Waals surface area contributed by atoms with Gasteiger partial charge in [-0.3, -0.25) is 19.5 Å². The predicted molar refractivity (Wildman–Crippen MR) is 134 cm³/mol. The number of aryl methyl sites for hydroxylation is 1. The number of ether oxygens (including phenoxy) is 1. The fourth-order valence-corrected chi connectivity index (χ4v) is 5.82. The maximum atomic E-state index is 13.4. The minimum absolute atomic E-state index is 0.0188. The standard InChI is InChI=1S/C27H21N3O4S/c1-14-5-7-19-21(10-14)35-27(29-19)30-23(17-4-3-9-28-13-17)22(25(32)26(30)33)24(31)16-6-8-20-18(12-16)11-15(2)34-20/h3-10,12-13,15,23,31H,11H2,1-2H3/t15-,23+/m0/s1. The number of aromatic nitrogens is 2. The molecule has 2 aromatic heterocycles. The number of pyridine rings is 1. The number of carbonyl (C=O) groups excluding carboxylic acids is 2. The lowest BCUT2D eigenvalue weighted by Crippen LogP contribution is -2.29. The summed E-state index contributed by atoms with van der Waals surface area (Å²) in [6.07, 6.45) is 3.98. The Labute approximate surface area is 205 Å². The molecule has 1 N–H and O–H groups in total. The molecule has 0 spiro atoms. The van der Waals surface area contributed by atoms with Crippen LogP contribution in [-0.4, -0.2) is 32.9 Å². The van der Waals surface area contributed by atoms with Gasteiger partial charge in [-0.2, -0.15) is 0 Å². The summed E-state index contributed by atoms with van der Waals surface area (Å²) >= 11 is 1.34. The summed E-state index contributed by atoms with van der Waals surface area (Å²) in [5.41, 5.74) is 3.87. The van der Waals surface area contributed by atoms with Crippen molar-refractivity contribution < 1.29 is 19.4 Å². The molecular weight excluding hydrogens is 462 g/mol. The molecule has 0 aliphatic carbocycles. The number of fused-ring (bicyclic) bond motifs is 2. The molecule has 8 heteroatoms. The lowest BCUT2D eigenvalue weighted by atomic mass is 9.95. The normalized spacial score (nSPS) is 20.9. The first kappa shape index (κ1) is 21.5. The summed E-state index contributed by atoms with van der Waals surface area (Å²) in [5.74, 6) is -0.937. The Hall–Kier alpha value is -4.04. The molecule has 1 amide bonds. The summed E-state index contributed by atoms with van der Waals surface area (Å²) < 4.78 is 6.68. The van der Waals surface area contributed by atoms with Gasteiger partial charge in [-0.25, -0.2) is 4.98 Å². The van der Waals surface area contributed by atoms with E-state index in [1.54, 1.807) is 36.7 Å². The number of anilines is 1. The summed E-state index contributed by atoms with van der Waals surface area (Å²) in [5, 5.41) is 11.8. The number of Topliss-reactive ketones (excluding diaryl/α,β-unsaturated/α-hetero) is 1. The molecule has 0 unspecified atom stereocenters. The lowest BCUT2D eigenvalue weighted by molar-refractivity contribution is -0.132. The Morgan fingerprint density at radius 2 is 2.03 bits per heavy atom. The second-order valence-electron chi connectivity index (χ2n) is 8.88. The van der Waals surface area contributed by atoms with E-state index in [1.807, 2.05) is 38.1 Å². The van der Waals surface area contributed by atoms with E-state index in [-0.39, 0.29) is 17.4 Å². The summed E-state index contributed by atoms with van der Waals surface area (Å²) in [7, 11) is 0. The van der Waals surface area contributed by atoms with Gasteiger partial charge in [-0.05, 0) is 66.9 Å². The number of aliphatic hydroxyl groups is 1. The fraction of sp³-hybridized carbons (Fsp3) is 0.185. The zero-order valence-electron chi connectivity index (χ0n) is 19.1. The Morgan fingerprint density at radius 1 is 1.17 bits per heavy atom. The van der Waals surface area contributed by atoms with Crippen LogP contribution < -0.4 is 9.64 Å².